The van der Waals surface area contributed by atoms with Gasteiger partial charge in [0, 0.05) is 11.6 Å². The highest BCUT2D eigenvalue weighted by Crippen LogP contribution is 2.21. The number of carbonyl (C=O) groups is 1. The van der Waals surface area contributed by atoms with E-state index in [2.05, 4.69) is 10.0 Å². The Kier molecular flexibility index (Phi) is 5.45. The minimum atomic E-state index is -3.36. The Morgan fingerprint density at radius 2 is 1.77 bits per heavy atom. The molecule has 6 heteroatoms. The summed E-state index contributed by atoms with van der Waals surface area (Å²) in [5.74, 6) is -0.124. The molecule has 0 unspecified atom stereocenters. The Bertz CT molecular complexity index is 633. The van der Waals surface area contributed by atoms with Gasteiger partial charge < -0.3 is 5.32 Å². The summed E-state index contributed by atoms with van der Waals surface area (Å²) in [6.45, 7) is 1.76. The third kappa shape index (κ3) is 4.73. The molecule has 2 rings (SSSR count). The van der Waals surface area contributed by atoms with E-state index in [4.69, 9.17) is 0 Å². The molecular weight excluding hydrogens is 300 g/mol. The van der Waals surface area contributed by atoms with Crippen LogP contribution in [0.3, 0.4) is 0 Å². The second-order valence-corrected chi connectivity index (χ2v) is 7.76. The zero-order chi connectivity index (χ0) is 16.2. The maximum absolute atomic E-state index is 12.5. The second kappa shape index (κ2) is 7.13. The number of benzene rings is 1. The second-order valence-electron chi connectivity index (χ2n) is 6.01. The molecule has 122 valence electrons. The summed E-state index contributed by atoms with van der Waals surface area (Å²) < 4.78 is 25.2. The van der Waals surface area contributed by atoms with Crippen molar-refractivity contribution in [2.75, 3.05) is 11.0 Å². The van der Waals surface area contributed by atoms with Crippen molar-refractivity contribution in [3.63, 3.8) is 0 Å². The van der Waals surface area contributed by atoms with E-state index in [9.17, 15) is 13.2 Å². The van der Waals surface area contributed by atoms with Crippen LogP contribution in [0.1, 0.15) is 54.4 Å². The van der Waals surface area contributed by atoms with Crippen LogP contribution < -0.4 is 10.0 Å². The lowest BCUT2D eigenvalue weighted by atomic mass is 10.0. The van der Waals surface area contributed by atoms with E-state index in [0.29, 0.717) is 16.8 Å². The van der Waals surface area contributed by atoms with Crippen LogP contribution in [0.25, 0.3) is 0 Å². The number of rotatable bonds is 4. The number of sulfonamides is 1. The maximum atomic E-state index is 12.5. The molecule has 0 saturated heterocycles. The van der Waals surface area contributed by atoms with E-state index >= 15 is 0 Å². The van der Waals surface area contributed by atoms with Crippen LogP contribution in [0.5, 0.6) is 0 Å². The summed E-state index contributed by atoms with van der Waals surface area (Å²) in [5, 5.41) is 3.09. The Labute approximate surface area is 132 Å². The number of amides is 1. The van der Waals surface area contributed by atoms with Crippen molar-refractivity contribution in [1.82, 2.24) is 5.32 Å². The molecular formula is C16H24N2O3S. The van der Waals surface area contributed by atoms with Gasteiger partial charge in [0.1, 0.15) is 0 Å². The van der Waals surface area contributed by atoms with E-state index < -0.39 is 10.0 Å². The van der Waals surface area contributed by atoms with E-state index in [1.54, 1.807) is 25.1 Å². The predicted octanol–water partition coefficient (Wildman–Crippen LogP) is 2.82. The van der Waals surface area contributed by atoms with Gasteiger partial charge in [0.2, 0.25) is 10.0 Å². The number of anilines is 1. The molecule has 0 aromatic heterocycles. The Hall–Kier alpha value is -1.56. The zero-order valence-electron chi connectivity index (χ0n) is 13.2. The van der Waals surface area contributed by atoms with Crippen molar-refractivity contribution in [3.05, 3.63) is 29.3 Å². The summed E-state index contributed by atoms with van der Waals surface area (Å²) in [5.41, 5.74) is 1.63. The van der Waals surface area contributed by atoms with E-state index in [1.165, 1.54) is 12.8 Å². The molecule has 1 saturated carbocycles. The minimum absolute atomic E-state index is 0.124. The van der Waals surface area contributed by atoms with Crippen LogP contribution in [0.4, 0.5) is 5.69 Å². The summed E-state index contributed by atoms with van der Waals surface area (Å²) >= 11 is 0. The molecule has 1 aromatic rings. The number of carbonyl (C=O) groups excluding carboxylic acids is 1. The van der Waals surface area contributed by atoms with Gasteiger partial charge in [-0.3, -0.25) is 9.52 Å². The zero-order valence-corrected chi connectivity index (χ0v) is 14.0. The number of hydrogen-bond acceptors (Lipinski definition) is 3. The maximum Gasteiger partial charge on any atom is 0.251 e. The average molecular weight is 324 g/mol. The van der Waals surface area contributed by atoms with Gasteiger partial charge in [0.15, 0.2) is 0 Å². The summed E-state index contributed by atoms with van der Waals surface area (Å²) in [6, 6.07) is 5.32. The first-order valence-corrected chi connectivity index (χ1v) is 9.64. The van der Waals surface area contributed by atoms with Gasteiger partial charge in [-0.1, -0.05) is 31.7 Å². The van der Waals surface area contributed by atoms with Gasteiger partial charge in [-0.2, -0.15) is 0 Å². The Morgan fingerprint density at radius 1 is 1.14 bits per heavy atom. The smallest absolute Gasteiger partial charge is 0.251 e. The molecule has 1 aromatic carbocycles. The van der Waals surface area contributed by atoms with Crippen molar-refractivity contribution in [3.8, 4) is 0 Å². The highest BCUT2D eigenvalue weighted by molar-refractivity contribution is 7.92. The quantitative estimate of drug-likeness (QED) is 0.836. The Morgan fingerprint density at radius 3 is 2.36 bits per heavy atom. The molecule has 5 nitrogen and oxygen atoms in total. The van der Waals surface area contributed by atoms with Gasteiger partial charge in [-0.25, -0.2) is 8.42 Å². The van der Waals surface area contributed by atoms with Crippen LogP contribution in [-0.4, -0.2) is 26.6 Å². The third-order valence-electron chi connectivity index (χ3n) is 4.06. The fraction of sp³-hybridized carbons (Fsp3) is 0.562. The molecule has 1 aliphatic rings. The normalized spacial score (nSPS) is 16.8. The highest BCUT2D eigenvalue weighted by Gasteiger charge is 2.18. The molecule has 2 N–H and O–H groups in total. The third-order valence-corrected chi connectivity index (χ3v) is 4.65. The standard InChI is InChI=1S/C16H24N2O3S/c1-12-14(10-7-11-15(12)18-22(2,20)21)16(19)17-13-8-5-3-4-6-9-13/h7,10-11,13,18H,3-6,8-9H2,1-2H3,(H,17,19). The van der Waals surface area contributed by atoms with Gasteiger partial charge in [0.25, 0.3) is 5.91 Å². The van der Waals surface area contributed by atoms with Crippen molar-refractivity contribution in [1.29, 1.82) is 0 Å². The number of hydrogen-bond donors (Lipinski definition) is 2. The lowest BCUT2D eigenvalue weighted by Crippen LogP contribution is -2.34. The van der Waals surface area contributed by atoms with Crippen LogP contribution in [0, 0.1) is 6.92 Å². The molecule has 0 spiro atoms. The average Bonchev–Trinajstić information content (AvgIpc) is 2.68. The molecule has 0 heterocycles. The predicted molar refractivity (Wildman–Crippen MR) is 88.6 cm³/mol. The highest BCUT2D eigenvalue weighted by atomic mass is 32.2. The van der Waals surface area contributed by atoms with E-state index in [-0.39, 0.29) is 11.9 Å². The summed E-state index contributed by atoms with van der Waals surface area (Å²) in [4.78, 5) is 12.5. The van der Waals surface area contributed by atoms with Crippen LogP contribution in [-0.2, 0) is 10.0 Å². The van der Waals surface area contributed by atoms with Crippen LogP contribution in [0.2, 0.25) is 0 Å². The molecule has 22 heavy (non-hydrogen) atoms. The van der Waals surface area contributed by atoms with Gasteiger partial charge in [0.05, 0.1) is 11.9 Å². The Balaban J connectivity index is 2.13. The van der Waals surface area contributed by atoms with Crippen molar-refractivity contribution in [2.45, 2.75) is 51.5 Å². The van der Waals surface area contributed by atoms with Crippen molar-refractivity contribution >= 4 is 21.6 Å². The molecule has 0 radical (unpaired) electrons. The first kappa shape index (κ1) is 16.8. The van der Waals surface area contributed by atoms with Crippen LogP contribution >= 0.6 is 0 Å². The van der Waals surface area contributed by atoms with Gasteiger partial charge in [-0.15, -0.1) is 0 Å². The molecule has 1 amide bonds. The molecule has 0 atom stereocenters. The molecule has 1 aliphatic carbocycles. The lowest BCUT2D eigenvalue weighted by Gasteiger charge is -2.18. The minimum Gasteiger partial charge on any atom is -0.349 e. The fourth-order valence-electron chi connectivity index (χ4n) is 2.88. The summed E-state index contributed by atoms with van der Waals surface area (Å²) in [7, 11) is -3.36. The van der Waals surface area contributed by atoms with E-state index in [0.717, 1.165) is 31.9 Å². The van der Waals surface area contributed by atoms with Gasteiger partial charge >= 0.3 is 0 Å². The van der Waals surface area contributed by atoms with Crippen LogP contribution in [0.15, 0.2) is 18.2 Å². The van der Waals surface area contributed by atoms with E-state index in [1.807, 2.05) is 0 Å². The SMILES string of the molecule is Cc1c(NS(C)(=O)=O)cccc1C(=O)NC1CCCCCC1. The topological polar surface area (TPSA) is 75.3 Å². The van der Waals surface area contributed by atoms with Crippen molar-refractivity contribution in [2.24, 2.45) is 0 Å². The fourth-order valence-corrected chi connectivity index (χ4v) is 3.50. The number of nitrogens with one attached hydrogen (secondary N) is 2. The molecule has 0 aliphatic heterocycles. The molecule has 1 fully saturated rings. The monoisotopic (exact) mass is 324 g/mol. The first-order chi connectivity index (χ1) is 10.4. The van der Waals surface area contributed by atoms with Gasteiger partial charge in [-0.05, 0) is 37.5 Å². The first-order valence-electron chi connectivity index (χ1n) is 7.75. The largest absolute Gasteiger partial charge is 0.349 e. The van der Waals surface area contributed by atoms with Crippen molar-refractivity contribution < 1.29 is 13.2 Å². The summed E-state index contributed by atoms with van der Waals surface area (Å²) in [6.07, 6.45) is 7.92. The molecule has 0 bridgehead atoms. The lowest BCUT2D eigenvalue weighted by molar-refractivity contribution is 0.0933.